The fourth-order valence-electron chi connectivity index (χ4n) is 3.29. The predicted molar refractivity (Wildman–Crippen MR) is 112 cm³/mol. The van der Waals surface area contributed by atoms with Crippen LogP contribution < -0.4 is 5.32 Å². The van der Waals surface area contributed by atoms with E-state index in [1.807, 2.05) is 0 Å². The number of fused-ring (bicyclic) bond motifs is 1. The number of phenolic OH excluding ortho intramolecular Hbond substituents is 1. The highest BCUT2D eigenvalue weighted by atomic mass is 32.2. The van der Waals surface area contributed by atoms with Crippen LogP contribution in [0.3, 0.4) is 0 Å². The number of aliphatic carboxylic acids is 1. The van der Waals surface area contributed by atoms with E-state index in [1.54, 1.807) is 36.4 Å². The Morgan fingerprint density at radius 1 is 1.14 bits per heavy atom. The lowest BCUT2D eigenvalue weighted by Gasteiger charge is -2.23. The van der Waals surface area contributed by atoms with Gasteiger partial charge in [0.25, 0.3) is 11.8 Å². The van der Waals surface area contributed by atoms with Gasteiger partial charge in [-0.3, -0.25) is 14.5 Å². The van der Waals surface area contributed by atoms with Gasteiger partial charge in [-0.25, -0.2) is 4.79 Å². The lowest BCUT2D eigenvalue weighted by atomic mass is 10.0. The summed E-state index contributed by atoms with van der Waals surface area (Å²) in [5, 5.41) is 21.9. The lowest BCUT2D eigenvalue weighted by Crippen LogP contribution is -2.45. The average Bonchev–Trinajstić information content (AvgIpc) is 3.16. The molecule has 1 saturated heterocycles. The van der Waals surface area contributed by atoms with Crippen LogP contribution in [0.2, 0.25) is 0 Å². The number of nitrogens with one attached hydrogen (secondary N) is 1. The Bertz CT molecular complexity index is 1090. The Morgan fingerprint density at radius 3 is 2.52 bits per heavy atom. The quantitative estimate of drug-likeness (QED) is 0.510. The Labute approximate surface area is 175 Å². The number of thiocarbonyl (C=S) groups is 1. The molecule has 0 aromatic heterocycles. The van der Waals surface area contributed by atoms with Crippen molar-refractivity contribution in [2.24, 2.45) is 0 Å². The highest BCUT2D eigenvalue weighted by molar-refractivity contribution is 8.26. The Hall–Kier alpha value is -3.17. The van der Waals surface area contributed by atoms with Gasteiger partial charge in [-0.1, -0.05) is 54.3 Å². The summed E-state index contributed by atoms with van der Waals surface area (Å²) in [5.74, 6) is -2.18. The Kier molecular flexibility index (Phi) is 4.85. The first-order valence-electron chi connectivity index (χ1n) is 8.58. The molecule has 3 N–H and O–H groups in total. The van der Waals surface area contributed by atoms with Gasteiger partial charge in [0, 0.05) is 17.7 Å². The van der Waals surface area contributed by atoms with Crippen LogP contribution in [0.5, 0.6) is 5.75 Å². The molecule has 0 aliphatic carbocycles. The average molecular weight is 426 g/mol. The Morgan fingerprint density at radius 2 is 1.83 bits per heavy atom. The number of carbonyl (C=O) groups excluding carboxylic acids is 2. The number of amides is 2. The molecule has 9 heteroatoms. The highest BCUT2D eigenvalue weighted by Gasteiger charge is 2.44. The molecule has 2 aromatic rings. The maximum absolute atomic E-state index is 13.1. The third-order valence-corrected chi connectivity index (χ3v) is 6.06. The minimum atomic E-state index is -1.23. The van der Waals surface area contributed by atoms with Gasteiger partial charge in [0.15, 0.2) is 0 Å². The summed E-state index contributed by atoms with van der Waals surface area (Å²) >= 11 is 6.23. The van der Waals surface area contributed by atoms with Gasteiger partial charge in [-0.2, -0.15) is 0 Å². The molecule has 2 aliphatic rings. The molecule has 0 spiro atoms. The molecule has 2 amide bonds. The SMILES string of the molecule is O=C1Nc2ccccc2/C1=C1\SC(=S)N(C(Cc2ccc(O)cc2)C(=O)O)C1=O. The van der Waals surface area contributed by atoms with Crippen molar-refractivity contribution >= 4 is 57.3 Å². The second-order valence-electron chi connectivity index (χ2n) is 6.47. The number of hydrogen-bond donors (Lipinski definition) is 3. The molecule has 1 unspecified atom stereocenters. The summed E-state index contributed by atoms with van der Waals surface area (Å²) in [6, 6.07) is 11.8. The smallest absolute Gasteiger partial charge is 0.327 e. The molecule has 29 heavy (non-hydrogen) atoms. The van der Waals surface area contributed by atoms with Crippen molar-refractivity contribution in [1.29, 1.82) is 0 Å². The number of carbonyl (C=O) groups is 3. The van der Waals surface area contributed by atoms with E-state index in [9.17, 15) is 24.6 Å². The summed E-state index contributed by atoms with van der Waals surface area (Å²) in [7, 11) is 0. The van der Waals surface area contributed by atoms with Crippen LogP contribution in [-0.2, 0) is 20.8 Å². The van der Waals surface area contributed by atoms with Crippen LogP contribution in [0.15, 0.2) is 53.4 Å². The summed E-state index contributed by atoms with van der Waals surface area (Å²) in [6.45, 7) is 0. The number of phenols is 1. The minimum absolute atomic E-state index is 0.00739. The predicted octanol–water partition coefficient (Wildman–Crippen LogP) is 2.61. The summed E-state index contributed by atoms with van der Waals surface area (Å²) in [4.78, 5) is 38.7. The number of aromatic hydroxyl groups is 1. The van der Waals surface area contributed by atoms with Gasteiger partial charge in [-0.05, 0) is 23.8 Å². The van der Waals surface area contributed by atoms with E-state index in [-0.39, 0.29) is 27.0 Å². The maximum atomic E-state index is 13.1. The lowest BCUT2D eigenvalue weighted by molar-refractivity contribution is -0.145. The van der Waals surface area contributed by atoms with Crippen LogP contribution in [0.25, 0.3) is 5.57 Å². The third-order valence-electron chi connectivity index (χ3n) is 4.66. The van der Waals surface area contributed by atoms with Crippen LogP contribution in [0.4, 0.5) is 5.69 Å². The molecule has 2 heterocycles. The number of thioether (sulfide) groups is 1. The molecule has 146 valence electrons. The van der Waals surface area contributed by atoms with Gasteiger partial charge in [0.1, 0.15) is 16.1 Å². The monoisotopic (exact) mass is 426 g/mol. The number of hydrogen-bond acceptors (Lipinski definition) is 6. The first-order valence-corrected chi connectivity index (χ1v) is 9.80. The number of carboxylic acids is 1. The van der Waals surface area contributed by atoms with E-state index in [0.717, 1.165) is 16.7 Å². The molecule has 4 rings (SSSR count). The molecular weight excluding hydrogens is 412 g/mol. The van der Waals surface area contributed by atoms with Crippen molar-refractivity contribution in [3.8, 4) is 5.75 Å². The van der Waals surface area contributed by atoms with Gasteiger partial charge in [0.05, 0.1) is 10.5 Å². The van der Waals surface area contributed by atoms with E-state index in [2.05, 4.69) is 5.32 Å². The topological polar surface area (TPSA) is 107 Å². The summed E-state index contributed by atoms with van der Waals surface area (Å²) in [6.07, 6.45) is 0.00739. The zero-order chi connectivity index (χ0) is 20.7. The van der Waals surface area contributed by atoms with E-state index in [4.69, 9.17) is 12.2 Å². The fraction of sp³-hybridized carbons (Fsp3) is 0.100. The molecule has 2 aliphatic heterocycles. The zero-order valence-corrected chi connectivity index (χ0v) is 16.4. The van der Waals surface area contributed by atoms with Crippen LogP contribution in [0, 0.1) is 0 Å². The summed E-state index contributed by atoms with van der Waals surface area (Å²) < 4.78 is 0.0841. The van der Waals surface area contributed by atoms with Crippen molar-refractivity contribution in [3.63, 3.8) is 0 Å². The molecule has 0 radical (unpaired) electrons. The first-order chi connectivity index (χ1) is 13.9. The van der Waals surface area contributed by atoms with E-state index < -0.39 is 23.8 Å². The van der Waals surface area contributed by atoms with Crippen molar-refractivity contribution in [3.05, 3.63) is 64.6 Å². The molecule has 2 aromatic carbocycles. The minimum Gasteiger partial charge on any atom is -0.508 e. The molecule has 1 fully saturated rings. The number of benzene rings is 2. The molecule has 0 saturated carbocycles. The van der Waals surface area contributed by atoms with Crippen LogP contribution in [-0.4, -0.2) is 43.3 Å². The standard InChI is InChI=1S/C20H14N2O5S2/c23-11-7-5-10(6-8-11)9-14(19(26)27)22-18(25)16(29-20(22)28)15-12-3-1-2-4-13(12)21-17(15)24/h1-8,14,23H,9H2,(H,21,24)(H,26,27)/b16-15+. The molecule has 1 atom stereocenters. The second kappa shape index (κ2) is 7.34. The van der Waals surface area contributed by atoms with E-state index >= 15 is 0 Å². The van der Waals surface area contributed by atoms with E-state index in [0.29, 0.717) is 16.8 Å². The summed E-state index contributed by atoms with van der Waals surface area (Å²) in [5.41, 5.74) is 2.01. The van der Waals surface area contributed by atoms with Crippen LogP contribution >= 0.6 is 24.0 Å². The third kappa shape index (κ3) is 3.39. The van der Waals surface area contributed by atoms with Gasteiger partial charge >= 0.3 is 5.97 Å². The molecule has 0 bridgehead atoms. The van der Waals surface area contributed by atoms with Crippen LogP contribution in [0.1, 0.15) is 11.1 Å². The van der Waals surface area contributed by atoms with Crippen molar-refractivity contribution in [1.82, 2.24) is 4.90 Å². The first kappa shape index (κ1) is 19.2. The number of rotatable bonds is 4. The number of anilines is 1. The normalized spacial score (nSPS) is 19.3. The maximum Gasteiger partial charge on any atom is 0.327 e. The van der Waals surface area contributed by atoms with Crippen molar-refractivity contribution in [2.75, 3.05) is 5.32 Å². The van der Waals surface area contributed by atoms with Gasteiger partial charge < -0.3 is 15.5 Å². The number of carboxylic acid groups (broad SMARTS) is 1. The van der Waals surface area contributed by atoms with Crippen molar-refractivity contribution in [2.45, 2.75) is 12.5 Å². The van der Waals surface area contributed by atoms with E-state index in [1.165, 1.54) is 12.1 Å². The zero-order valence-electron chi connectivity index (χ0n) is 14.8. The highest BCUT2D eigenvalue weighted by Crippen LogP contribution is 2.42. The molecule has 7 nitrogen and oxygen atoms in total. The largest absolute Gasteiger partial charge is 0.508 e. The van der Waals surface area contributed by atoms with Gasteiger partial charge in [0.2, 0.25) is 0 Å². The van der Waals surface area contributed by atoms with Gasteiger partial charge in [-0.15, -0.1) is 0 Å². The molecular formula is C20H14N2O5S2. The number of para-hydroxylation sites is 1. The second-order valence-corrected chi connectivity index (χ2v) is 8.12. The van der Waals surface area contributed by atoms with Crippen molar-refractivity contribution < 1.29 is 24.6 Å². The number of nitrogens with zero attached hydrogens (tertiary/aromatic N) is 1. The Balaban J connectivity index is 1.71. The fourth-order valence-corrected chi connectivity index (χ4v) is 4.72.